The molecule has 0 unspecified atom stereocenters. The van der Waals surface area contributed by atoms with Gasteiger partial charge < -0.3 is 5.32 Å². The average Bonchev–Trinajstić information content (AvgIpc) is 2.57. The molecule has 1 aromatic carbocycles. The van der Waals surface area contributed by atoms with E-state index in [2.05, 4.69) is 5.32 Å². The lowest BCUT2D eigenvalue weighted by molar-refractivity contribution is 0.552. The Morgan fingerprint density at radius 2 is 2.24 bits per heavy atom. The highest BCUT2D eigenvalue weighted by molar-refractivity contribution is 7.91. The molecule has 1 saturated heterocycles. The molecule has 1 aliphatic rings. The van der Waals surface area contributed by atoms with E-state index in [-0.39, 0.29) is 23.4 Å². The van der Waals surface area contributed by atoms with E-state index in [1.165, 1.54) is 12.1 Å². The summed E-state index contributed by atoms with van der Waals surface area (Å²) in [4.78, 5) is 0. The lowest BCUT2D eigenvalue weighted by Crippen LogP contribution is -2.29. The summed E-state index contributed by atoms with van der Waals surface area (Å²) >= 11 is 0. The maximum Gasteiger partial charge on any atom is 0.151 e. The van der Waals surface area contributed by atoms with E-state index in [1.54, 1.807) is 6.07 Å². The predicted molar refractivity (Wildman–Crippen MR) is 65.0 cm³/mol. The zero-order chi connectivity index (χ0) is 12.5. The molecule has 0 amide bonds. The number of nitrogens with one attached hydrogen (secondary N) is 1. The number of rotatable bonds is 3. The number of halogens is 1. The summed E-state index contributed by atoms with van der Waals surface area (Å²) in [5.41, 5.74) is 1.90. The number of benzene rings is 1. The Hall–Kier alpha value is -0.940. The first-order valence-electron chi connectivity index (χ1n) is 5.65. The lowest BCUT2D eigenvalue weighted by Gasteiger charge is -2.12. The molecule has 2 rings (SSSR count). The summed E-state index contributed by atoms with van der Waals surface area (Å²) in [6.45, 7) is 2.44. The first kappa shape index (κ1) is 12.5. The van der Waals surface area contributed by atoms with Crippen molar-refractivity contribution in [2.75, 3.05) is 11.5 Å². The standard InChI is InChI=1S/C12H16FNO2S/c1-9-6-11(13)3-2-10(9)7-14-12-4-5-17(15,16)8-12/h2-3,6,12,14H,4-5,7-8H2,1H3/t12-/m1/s1. The molecule has 0 bridgehead atoms. The first-order chi connectivity index (χ1) is 7.96. The summed E-state index contributed by atoms with van der Waals surface area (Å²) in [6.07, 6.45) is 0.669. The summed E-state index contributed by atoms with van der Waals surface area (Å²) in [7, 11) is -2.84. The van der Waals surface area contributed by atoms with E-state index in [1.807, 2.05) is 6.92 Å². The third kappa shape index (κ3) is 3.26. The Kier molecular flexibility index (Phi) is 3.49. The van der Waals surface area contributed by atoms with Gasteiger partial charge in [-0.2, -0.15) is 0 Å². The van der Waals surface area contributed by atoms with Crippen LogP contribution in [0.25, 0.3) is 0 Å². The molecular formula is C12H16FNO2S. The minimum Gasteiger partial charge on any atom is -0.309 e. The van der Waals surface area contributed by atoms with E-state index in [9.17, 15) is 12.8 Å². The van der Waals surface area contributed by atoms with Crippen LogP contribution in [0.2, 0.25) is 0 Å². The number of sulfone groups is 1. The fourth-order valence-electron chi connectivity index (χ4n) is 2.07. The second kappa shape index (κ2) is 4.74. The summed E-state index contributed by atoms with van der Waals surface area (Å²) in [6, 6.07) is 4.68. The van der Waals surface area contributed by atoms with Crippen molar-refractivity contribution in [3.63, 3.8) is 0 Å². The molecule has 17 heavy (non-hydrogen) atoms. The summed E-state index contributed by atoms with van der Waals surface area (Å²) in [5, 5.41) is 3.21. The van der Waals surface area contributed by atoms with Gasteiger partial charge in [0, 0.05) is 12.6 Å². The van der Waals surface area contributed by atoms with Crippen LogP contribution in [0, 0.1) is 12.7 Å². The molecule has 0 saturated carbocycles. The molecule has 1 N–H and O–H groups in total. The van der Waals surface area contributed by atoms with Crippen LogP contribution in [-0.2, 0) is 16.4 Å². The minimum atomic E-state index is -2.84. The van der Waals surface area contributed by atoms with Crippen LogP contribution in [0.4, 0.5) is 4.39 Å². The van der Waals surface area contributed by atoms with Gasteiger partial charge in [0.1, 0.15) is 5.82 Å². The van der Waals surface area contributed by atoms with E-state index >= 15 is 0 Å². The van der Waals surface area contributed by atoms with Crippen LogP contribution in [-0.4, -0.2) is 26.0 Å². The van der Waals surface area contributed by atoms with Crippen molar-refractivity contribution in [2.45, 2.75) is 25.9 Å². The van der Waals surface area contributed by atoms with Gasteiger partial charge in [0.05, 0.1) is 11.5 Å². The van der Waals surface area contributed by atoms with Gasteiger partial charge in [0.2, 0.25) is 0 Å². The molecule has 1 atom stereocenters. The molecule has 1 aliphatic heterocycles. The zero-order valence-electron chi connectivity index (χ0n) is 9.74. The highest BCUT2D eigenvalue weighted by Gasteiger charge is 2.27. The Morgan fingerprint density at radius 3 is 2.82 bits per heavy atom. The van der Waals surface area contributed by atoms with Crippen LogP contribution in [0.1, 0.15) is 17.5 Å². The van der Waals surface area contributed by atoms with Crippen molar-refractivity contribution in [3.8, 4) is 0 Å². The van der Waals surface area contributed by atoms with Gasteiger partial charge in [0.15, 0.2) is 9.84 Å². The molecule has 5 heteroatoms. The van der Waals surface area contributed by atoms with Gasteiger partial charge in [-0.3, -0.25) is 0 Å². The highest BCUT2D eigenvalue weighted by Crippen LogP contribution is 2.14. The fraction of sp³-hybridized carbons (Fsp3) is 0.500. The van der Waals surface area contributed by atoms with Gasteiger partial charge in [-0.15, -0.1) is 0 Å². The molecule has 1 aromatic rings. The van der Waals surface area contributed by atoms with Crippen molar-refractivity contribution in [3.05, 3.63) is 35.1 Å². The molecule has 0 aromatic heterocycles. The van der Waals surface area contributed by atoms with E-state index < -0.39 is 9.84 Å². The van der Waals surface area contributed by atoms with Crippen molar-refractivity contribution in [1.82, 2.24) is 5.32 Å². The predicted octanol–water partition coefficient (Wildman–Crippen LogP) is 1.41. The van der Waals surface area contributed by atoms with Gasteiger partial charge in [0.25, 0.3) is 0 Å². The third-order valence-corrected chi connectivity index (χ3v) is 4.89. The lowest BCUT2D eigenvalue weighted by atomic mass is 10.1. The molecular weight excluding hydrogens is 241 g/mol. The van der Waals surface area contributed by atoms with Gasteiger partial charge >= 0.3 is 0 Å². The first-order valence-corrected chi connectivity index (χ1v) is 7.47. The van der Waals surface area contributed by atoms with Crippen LogP contribution in [0.15, 0.2) is 18.2 Å². The van der Waals surface area contributed by atoms with E-state index in [4.69, 9.17) is 0 Å². The Balaban J connectivity index is 1.95. The average molecular weight is 257 g/mol. The smallest absolute Gasteiger partial charge is 0.151 e. The zero-order valence-corrected chi connectivity index (χ0v) is 10.6. The number of hydrogen-bond acceptors (Lipinski definition) is 3. The van der Waals surface area contributed by atoms with Gasteiger partial charge in [-0.05, 0) is 36.6 Å². The van der Waals surface area contributed by atoms with Crippen LogP contribution in [0.3, 0.4) is 0 Å². The fourth-order valence-corrected chi connectivity index (χ4v) is 3.78. The van der Waals surface area contributed by atoms with Gasteiger partial charge in [-0.25, -0.2) is 12.8 Å². The third-order valence-electron chi connectivity index (χ3n) is 3.12. The maximum absolute atomic E-state index is 12.9. The monoisotopic (exact) mass is 257 g/mol. The molecule has 94 valence electrons. The molecule has 1 fully saturated rings. The van der Waals surface area contributed by atoms with Crippen molar-refractivity contribution in [2.24, 2.45) is 0 Å². The summed E-state index contributed by atoms with van der Waals surface area (Å²) in [5.74, 6) is 0.245. The Labute approximate surface area is 101 Å². The van der Waals surface area contributed by atoms with Crippen LogP contribution in [0.5, 0.6) is 0 Å². The molecule has 0 radical (unpaired) electrons. The molecule has 1 heterocycles. The van der Waals surface area contributed by atoms with Crippen molar-refractivity contribution < 1.29 is 12.8 Å². The maximum atomic E-state index is 12.9. The minimum absolute atomic E-state index is 0.0319. The van der Waals surface area contributed by atoms with Crippen molar-refractivity contribution >= 4 is 9.84 Å². The molecule has 0 aliphatic carbocycles. The SMILES string of the molecule is Cc1cc(F)ccc1CN[C@@H]1CCS(=O)(=O)C1. The Bertz CT molecular complexity index is 513. The number of aryl methyl sites for hydroxylation is 1. The number of hydrogen-bond donors (Lipinski definition) is 1. The Morgan fingerprint density at radius 1 is 1.47 bits per heavy atom. The highest BCUT2D eigenvalue weighted by atomic mass is 32.2. The van der Waals surface area contributed by atoms with Crippen LogP contribution < -0.4 is 5.32 Å². The van der Waals surface area contributed by atoms with Crippen molar-refractivity contribution in [1.29, 1.82) is 0 Å². The quantitative estimate of drug-likeness (QED) is 0.890. The van der Waals surface area contributed by atoms with Crippen LogP contribution >= 0.6 is 0 Å². The topological polar surface area (TPSA) is 46.2 Å². The summed E-state index contributed by atoms with van der Waals surface area (Å²) < 4.78 is 35.4. The van der Waals surface area contributed by atoms with Gasteiger partial charge in [-0.1, -0.05) is 6.07 Å². The molecule has 0 spiro atoms. The molecule has 3 nitrogen and oxygen atoms in total. The second-order valence-electron chi connectivity index (χ2n) is 4.55. The largest absolute Gasteiger partial charge is 0.309 e. The van der Waals surface area contributed by atoms with E-state index in [0.717, 1.165) is 11.1 Å². The normalized spacial score (nSPS) is 22.8. The second-order valence-corrected chi connectivity index (χ2v) is 6.78. The van der Waals surface area contributed by atoms with E-state index in [0.29, 0.717) is 13.0 Å².